The van der Waals surface area contributed by atoms with E-state index in [9.17, 15) is 38.7 Å². The Morgan fingerprint density at radius 3 is 1.94 bits per heavy atom. The molecule has 0 bridgehead atoms. The number of carboxylic acids is 1. The number of piperidine rings is 2. The SMILES string of the molecule is COC(=O)[C@@H]1CCC[C@@H]2SCC[C@H](CC(=O)[C@H](CC[C@H](Cc3ccccc3)C(=O)N[C@H]3CCS[C@H]4CCC[C@@H](C(=O)OC)N4C3=O)CC(=O)O)C(=O)N21. The molecule has 4 aliphatic heterocycles. The molecule has 8 atom stereocenters. The van der Waals surface area contributed by atoms with Crippen molar-refractivity contribution >= 4 is 64.9 Å². The summed E-state index contributed by atoms with van der Waals surface area (Å²) in [7, 11) is 2.59. The zero-order valence-corrected chi connectivity index (χ0v) is 32.1. The Morgan fingerprint density at radius 2 is 1.36 bits per heavy atom. The van der Waals surface area contributed by atoms with E-state index in [4.69, 9.17) is 9.47 Å². The Hall–Kier alpha value is -3.59. The second-order valence-corrected chi connectivity index (χ2v) is 16.9. The summed E-state index contributed by atoms with van der Waals surface area (Å²) in [5.74, 6) is -4.56. The number of thioether (sulfide) groups is 2. The van der Waals surface area contributed by atoms with E-state index < -0.39 is 60.2 Å². The number of benzene rings is 1. The number of carboxylic acid groups (broad SMARTS) is 1. The fraction of sp³-hybridized carbons (Fsp3) is 0.658. The van der Waals surface area contributed by atoms with Gasteiger partial charge in [0.05, 0.1) is 31.4 Å². The molecule has 0 aliphatic carbocycles. The second-order valence-electron chi connectivity index (χ2n) is 14.3. The van der Waals surface area contributed by atoms with Gasteiger partial charge >= 0.3 is 17.9 Å². The van der Waals surface area contributed by atoms with Crippen LogP contribution >= 0.6 is 23.5 Å². The first-order valence-corrected chi connectivity index (χ1v) is 20.7. The van der Waals surface area contributed by atoms with Crippen LogP contribution in [0.25, 0.3) is 0 Å². The summed E-state index contributed by atoms with van der Waals surface area (Å²) in [6.45, 7) is 0. The molecule has 0 radical (unpaired) electrons. The molecule has 3 amide bonds. The molecule has 53 heavy (non-hydrogen) atoms. The maximum absolute atomic E-state index is 14.1. The lowest BCUT2D eigenvalue weighted by Crippen LogP contribution is -2.57. The second kappa shape index (κ2) is 19.1. The highest BCUT2D eigenvalue weighted by Crippen LogP contribution is 2.38. The molecular weight excluding hydrogens is 723 g/mol. The van der Waals surface area contributed by atoms with Crippen LogP contribution in [0.15, 0.2) is 30.3 Å². The predicted octanol–water partition coefficient (Wildman–Crippen LogP) is 3.81. The van der Waals surface area contributed by atoms with Gasteiger partial charge in [0, 0.05) is 24.2 Å². The van der Waals surface area contributed by atoms with Crippen LogP contribution in [-0.2, 0) is 49.5 Å². The van der Waals surface area contributed by atoms with E-state index in [1.165, 1.54) is 14.2 Å². The zero-order chi connectivity index (χ0) is 38.1. The summed E-state index contributed by atoms with van der Waals surface area (Å²) in [5.41, 5.74) is 0.871. The van der Waals surface area contributed by atoms with Gasteiger partial charge in [0.2, 0.25) is 17.7 Å². The topological polar surface area (TPSA) is 177 Å². The Bertz CT molecular complexity index is 1510. The van der Waals surface area contributed by atoms with Crippen molar-refractivity contribution in [1.82, 2.24) is 15.1 Å². The van der Waals surface area contributed by atoms with Crippen LogP contribution in [-0.4, -0.2) is 111 Å². The lowest BCUT2D eigenvalue weighted by atomic mass is 9.83. The average Bonchev–Trinajstić information content (AvgIpc) is 3.42. The van der Waals surface area contributed by atoms with Crippen LogP contribution in [0.5, 0.6) is 0 Å². The Kier molecular flexibility index (Phi) is 14.7. The number of carbonyl (C=O) groups is 7. The van der Waals surface area contributed by atoms with Gasteiger partial charge in [-0.3, -0.25) is 24.0 Å². The molecule has 2 N–H and O–H groups in total. The van der Waals surface area contributed by atoms with Crippen molar-refractivity contribution in [3.63, 3.8) is 0 Å². The average molecular weight is 774 g/mol. The van der Waals surface area contributed by atoms with E-state index in [0.717, 1.165) is 31.2 Å². The van der Waals surface area contributed by atoms with Gasteiger partial charge in [0.15, 0.2) is 0 Å². The van der Waals surface area contributed by atoms with E-state index in [1.54, 1.807) is 33.3 Å². The number of ketones is 1. The van der Waals surface area contributed by atoms with Crippen LogP contribution in [0.4, 0.5) is 0 Å². The van der Waals surface area contributed by atoms with Crippen LogP contribution in [0.1, 0.15) is 82.6 Å². The number of aliphatic carboxylic acids is 1. The first-order valence-electron chi connectivity index (χ1n) is 18.6. The molecule has 0 saturated carbocycles. The minimum absolute atomic E-state index is 0.0932. The number of Topliss-reactive ketones (excluding diaryl/α,β-unsaturated/α-hetero) is 1. The van der Waals surface area contributed by atoms with Crippen LogP contribution < -0.4 is 5.32 Å². The molecule has 290 valence electrons. The van der Waals surface area contributed by atoms with Gasteiger partial charge in [-0.15, -0.1) is 23.5 Å². The molecule has 4 aliphatic rings. The first kappa shape index (κ1) is 40.6. The van der Waals surface area contributed by atoms with Gasteiger partial charge in [-0.1, -0.05) is 30.3 Å². The van der Waals surface area contributed by atoms with Crippen LogP contribution in [0.3, 0.4) is 0 Å². The number of esters is 2. The summed E-state index contributed by atoms with van der Waals surface area (Å²) in [6.07, 6.45) is 4.80. The highest BCUT2D eigenvalue weighted by atomic mass is 32.2. The van der Waals surface area contributed by atoms with Gasteiger partial charge < -0.3 is 29.7 Å². The van der Waals surface area contributed by atoms with Gasteiger partial charge in [-0.2, -0.15) is 0 Å². The molecule has 13 nitrogen and oxygen atoms in total. The third kappa shape index (κ3) is 10.1. The van der Waals surface area contributed by atoms with Crippen molar-refractivity contribution in [2.75, 3.05) is 25.7 Å². The molecule has 0 unspecified atom stereocenters. The number of amides is 3. The minimum atomic E-state index is -1.16. The minimum Gasteiger partial charge on any atom is -0.481 e. The molecular formula is C38H51N3O10S2. The molecule has 1 aromatic rings. The molecule has 0 aromatic heterocycles. The van der Waals surface area contributed by atoms with Crippen molar-refractivity contribution in [3.05, 3.63) is 35.9 Å². The summed E-state index contributed by atoms with van der Waals surface area (Å²) in [5, 5.41) is 12.4. The van der Waals surface area contributed by atoms with E-state index in [2.05, 4.69) is 5.32 Å². The van der Waals surface area contributed by atoms with Crippen molar-refractivity contribution in [1.29, 1.82) is 0 Å². The fourth-order valence-corrected chi connectivity index (χ4v) is 11.0. The van der Waals surface area contributed by atoms with Crippen molar-refractivity contribution in [3.8, 4) is 0 Å². The number of ether oxygens (including phenoxy) is 2. The Morgan fingerprint density at radius 1 is 0.792 bits per heavy atom. The number of carbonyl (C=O) groups excluding carboxylic acids is 6. The molecule has 5 rings (SSSR count). The van der Waals surface area contributed by atoms with Crippen molar-refractivity contribution in [2.24, 2.45) is 17.8 Å². The van der Waals surface area contributed by atoms with Crippen LogP contribution in [0.2, 0.25) is 0 Å². The van der Waals surface area contributed by atoms with Crippen molar-refractivity contribution in [2.45, 2.75) is 112 Å². The highest BCUT2D eigenvalue weighted by molar-refractivity contribution is 8.00. The lowest BCUT2D eigenvalue weighted by Gasteiger charge is -2.40. The van der Waals surface area contributed by atoms with Gasteiger partial charge in [0.25, 0.3) is 0 Å². The summed E-state index contributed by atoms with van der Waals surface area (Å²) < 4.78 is 10.0. The number of rotatable bonds is 14. The number of nitrogens with zero attached hydrogens (tertiary/aromatic N) is 2. The summed E-state index contributed by atoms with van der Waals surface area (Å²) >= 11 is 3.19. The molecule has 4 fully saturated rings. The van der Waals surface area contributed by atoms with E-state index in [-0.39, 0.29) is 53.5 Å². The monoisotopic (exact) mass is 773 g/mol. The number of methoxy groups -OCH3 is 2. The molecule has 4 heterocycles. The van der Waals surface area contributed by atoms with E-state index >= 15 is 0 Å². The Balaban J connectivity index is 1.30. The normalized spacial score (nSPS) is 27.2. The maximum Gasteiger partial charge on any atom is 0.328 e. The zero-order valence-electron chi connectivity index (χ0n) is 30.4. The summed E-state index contributed by atoms with van der Waals surface area (Å²) in [4.78, 5) is 96.3. The molecule has 15 heteroatoms. The quantitative estimate of drug-likeness (QED) is 0.262. The van der Waals surface area contributed by atoms with Gasteiger partial charge in [-0.25, -0.2) is 9.59 Å². The molecule has 4 saturated heterocycles. The molecule has 0 spiro atoms. The third-order valence-corrected chi connectivity index (χ3v) is 13.6. The first-order chi connectivity index (χ1) is 25.5. The number of nitrogens with one attached hydrogen (secondary N) is 1. The van der Waals surface area contributed by atoms with Gasteiger partial charge in [0.1, 0.15) is 23.9 Å². The van der Waals surface area contributed by atoms with Gasteiger partial charge in [-0.05, 0) is 87.7 Å². The highest BCUT2D eigenvalue weighted by Gasteiger charge is 2.45. The number of fused-ring (bicyclic) bond motifs is 2. The standard InChI is InChI=1S/C38H51N3O10S2/c1-50-37(48)28-10-6-12-31-40(28)35(46)26(16-18-52-31)21-30(42)24(22-33(43)44)14-15-25(20-23-8-4-3-5-9-23)34(45)39-27-17-19-53-32-13-7-11-29(38(49)51-2)41(32)36(27)47/h3-5,8-9,24-29,31-32H,6-7,10-22H2,1-2H3,(H,39,45)(H,43,44)/t24-,25-,26-,27+,28+,29+,31+,32+/m1/s1. The molecule has 1 aromatic carbocycles. The number of hydrogen-bond donors (Lipinski definition) is 2. The number of hydrogen-bond acceptors (Lipinski definition) is 11. The van der Waals surface area contributed by atoms with E-state index in [1.807, 2.05) is 30.3 Å². The largest absolute Gasteiger partial charge is 0.481 e. The van der Waals surface area contributed by atoms with E-state index in [0.29, 0.717) is 43.6 Å². The fourth-order valence-electron chi connectivity index (χ4n) is 8.13. The third-order valence-electron chi connectivity index (χ3n) is 10.9. The smallest absolute Gasteiger partial charge is 0.328 e. The predicted molar refractivity (Wildman–Crippen MR) is 198 cm³/mol. The maximum atomic E-state index is 14.1. The lowest BCUT2D eigenvalue weighted by molar-refractivity contribution is -0.157. The Labute approximate surface area is 319 Å². The van der Waals surface area contributed by atoms with Crippen molar-refractivity contribution < 1.29 is 48.1 Å². The summed E-state index contributed by atoms with van der Waals surface area (Å²) in [6, 6.07) is 7.06. The van der Waals surface area contributed by atoms with Crippen LogP contribution in [0, 0.1) is 17.8 Å².